The van der Waals surface area contributed by atoms with Gasteiger partial charge in [0.05, 0.1) is 11.1 Å². The smallest absolute Gasteiger partial charge is 0.271 e. The minimum absolute atomic E-state index is 0.0786. The van der Waals surface area contributed by atoms with E-state index in [0.29, 0.717) is 6.54 Å². The largest absolute Gasteiger partial charge is 0.380 e. The number of nitro benzene ring substituents is 1. The van der Waals surface area contributed by atoms with Gasteiger partial charge >= 0.3 is 0 Å². The molecule has 6 heteroatoms. The highest BCUT2D eigenvalue weighted by molar-refractivity contribution is 5.56. The summed E-state index contributed by atoms with van der Waals surface area (Å²) in [6, 6.07) is 4.76. The van der Waals surface area contributed by atoms with Gasteiger partial charge in [0.2, 0.25) is 0 Å². The van der Waals surface area contributed by atoms with E-state index >= 15 is 0 Å². The standard InChI is InChI=1S/C13H14N4O2/c1-3-16-9-11(8-15-16)7-14-13-6-12(17(18)19)5-4-10(13)2/h3-6,8-9,14H,1,7H2,2H3. The van der Waals surface area contributed by atoms with Crippen molar-refractivity contribution < 1.29 is 4.92 Å². The van der Waals surface area contributed by atoms with Crippen LogP contribution >= 0.6 is 0 Å². The van der Waals surface area contributed by atoms with Crippen molar-refractivity contribution in [3.8, 4) is 0 Å². The van der Waals surface area contributed by atoms with E-state index in [9.17, 15) is 10.1 Å². The Kier molecular flexibility index (Phi) is 3.61. The van der Waals surface area contributed by atoms with E-state index in [4.69, 9.17) is 0 Å². The Morgan fingerprint density at radius 2 is 2.37 bits per heavy atom. The Hall–Kier alpha value is -2.63. The number of hydrogen-bond donors (Lipinski definition) is 1. The highest BCUT2D eigenvalue weighted by Gasteiger charge is 2.08. The summed E-state index contributed by atoms with van der Waals surface area (Å²) in [4.78, 5) is 10.3. The monoisotopic (exact) mass is 258 g/mol. The van der Waals surface area contributed by atoms with E-state index in [-0.39, 0.29) is 5.69 Å². The molecule has 0 amide bonds. The van der Waals surface area contributed by atoms with E-state index in [1.807, 2.05) is 13.1 Å². The van der Waals surface area contributed by atoms with E-state index in [1.165, 1.54) is 12.1 Å². The molecule has 1 aromatic heterocycles. The van der Waals surface area contributed by atoms with Gasteiger partial charge in [0.1, 0.15) is 0 Å². The Balaban J connectivity index is 2.12. The van der Waals surface area contributed by atoms with Gasteiger partial charge in [-0.2, -0.15) is 5.10 Å². The summed E-state index contributed by atoms with van der Waals surface area (Å²) in [5.41, 5.74) is 2.77. The summed E-state index contributed by atoms with van der Waals surface area (Å²) in [7, 11) is 0. The molecule has 0 saturated heterocycles. The van der Waals surface area contributed by atoms with Crippen LogP contribution in [0.3, 0.4) is 0 Å². The second-order valence-electron chi connectivity index (χ2n) is 4.12. The quantitative estimate of drug-likeness (QED) is 0.661. The molecule has 2 rings (SSSR count). The lowest BCUT2D eigenvalue weighted by molar-refractivity contribution is -0.384. The fourth-order valence-electron chi connectivity index (χ4n) is 1.68. The second kappa shape index (κ2) is 5.34. The number of benzene rings is 1. The van der Waals surface area contributed by atoms with Crippen LogP contribution in [-0.2, 0) is 6.54 Å². The zero-order valence-corrected chi connectivity index (χ0v) is 10.5. The molecule has 6 nitrogen and oxygen atoms in total. The number of nitrogens with one attached hydrogen (secondary N) is 1. The topological polar surface area (TPSA) is 73.0 Å². The summed E-state index contributed by atoms with van der Waals surface area (Å²) >= 11 is 0. The van der Waals surface area contributed by atoms with Crippen molar-refractivity contribution in [1.29, 1.82) is 0 Å². The third-order valence-corrected chi connectivity index (χ3v) is 2.76. The van der Waals surface area contributed by atoms with Crippen LogP contribution in [0, 0.1) is 17.0 Å². The lowest BCUT2D eigenvalue weighted by Gasteiger charge is -2.07. The van der Waals surface area contributed by atoms with Gasteiger partial charge in [0.15, 0.2) is 0 Å². The van der Waals surface area contributed by atoms with Gasteiger partial charge in [-0.25, -0.2) is 4.68 Å². The number of anilines is 1. The summed E-state index contributed by atoms with van der Waals surface area (Å²) < 4.78 is 1.61. The molecule has 1 aromatic carbocycles. The number of hydrogen-bond acceptors (Lipinski definition) is 4. The van der Waals surface area contributed by atoms with Gasteiger partial charge in [0, 0.05) is 42.3 Å². The van der Waals surface area contributed by atoms with Crippen molar-refractivity contribution in [2.45, 2.75) is 13.5 Å². The molecule has 0 bridgehead atoms. The zero-order chi connectivity index (χ0) is 13.8. The molecular weight excluding hydrogens is 244 g/mol. The van der Waals surface area contributed by atoms with Crippen molar-refractivity contribution in [1.82, 2.24) is 9.78 Å². The first-order chi connectivity index (χ1) is 9.10. The van der Waals surface area contributed by atoms with Crippen LogP contribution < -0.4 is 5.32 Å². The molecule has 0 aliphatic rings. The number of non-ortho nitro benzene ring substituents is 1. The fraction of sp³-hybridized carbons (Fsp3) is 0.154. The predicted molar refractivity (Wildman–Crippen MR) is 73.8 cm³/mol. The zero-order valence-electron chi connectivity index (χ0n) is 10.5. The Labute approximate surface area is 110 Å². The molecule has 0 fully saturated rings. The first kappa shape index (κ1) is 12.8. The summed E-state index contributed by atoms with van der Waals surface area (Å²) in [5, 5.41) is 18.0. The van der Waals surface area contributed by atoms with E-state index < -0.39 is 4.92 Å². The van der Waals surface area contributed by atoms with Crippen LogP contribution in [0.1, 0.15) is 11.1 Å². The van der Waals surface area contributed by atoms with Crippen LogP contribution in [0.2, 0.25) is 0 Å². The van der Waals surface area contributed by atoms with Crippen molar-refractivity contribution in [2.75, 3.05) is 5.32 Å². The highest BCUT2D eigenvalue weighted by atomic mass is 16.6. The molecule has 2 aromatic rings. The Bertz CT molecular complexity index is 619. The van der Waals surface area contributed by atoms with Crippen LogP contribution in [0.4, 0.5) is 11.4 Å². The number of aryl methyl sites for hydroxylation is 1. The van der Waals surface area contributed by atoms with Gasteiger partial charge in [-0.3, -0.25) is 10.1 Å². The SMILES string of the molecule is C=Cn1cc(CNc2cc([N+](=O)[O-])ccc2C)cn1. The van der Waals surface area contributed by atoms with Crippen molar-refractivity contribution >= 4 is 17.6 Å². The van der Waals surface area contributed by atoms with E-state index in [0.717, 1.165) is 16.8 Å². The number of aromatic nitrogens is 2. The minimum Gasteiger partial charge on any atom is -0.380 e. The summed E-state index contributed by atoms with van der Waals surface area (Å²) in [5.74, 6) is 0. The van der Waals surface area contributed by atoms with Crippen LogP contribution in [0.5, 0.6) is 0 Å². The first-order valence-corrected chi connectivity index (χ1v) is 5.74. The predicted octanol–water partition coefficient (Wildman–Crippen LogP) is 2.81. The molecule has 0 spiro atoms. The normalized spacial score (nSPS) is 10.2. The first-order valence-electron chi connectivity index (χ1n) is 5.74. The molecular formula is C13H14N4O2. The maximum absolute atomic E-state index is 10.7. The van der Waals surface area contributed by atoms with E-state index in [1.54, 1.807) is 23.1 Å². The molecule has 0 aliphatic carbocycles. The molecule has 0 radical (unpaired) electrons. The molecule has 0 unspecified atom stereocenters. The molecule has 1 heterocycles. The molecule has 98 valence electrons. The number of nitrogens with zero attached hydrogens (tertiary/aromatic N) is 3. The molecule has 1 N–H and O–H groups in total. The third-order valence-electron chi connectivity index (χ3n) is 2.76. The fourth-order valence-corrected chi connectivity index (χ4v) is 1.68. The summed E-state index contributed by atoms with van der Waals surface area (Å²) in [6.07, 6.45) is 5.16. The van der Waals surface area contributed by atoms with E-state index in [2.05, 4.69) is 17.0 Å². The van der Waals surface area contributed by atoms with Crippen molar-refractivity contribution in [3.63, 3.8) is 0 Å². The third kappa shape index (κ3) is 2.98. The average Bonchev–Trinajstić information content (AvgIpc) is 2.85. The molecule has 0 saturated carbocycles. The van der Waals surface area contributed by atoms with Crippen LogP contribution in [0.25, 0.3) is 6.20 Å². The van der Waals surface area contributed by atoms with Crippen LogP contribution in [0.15, 0.2) is 37.2 Å². The Morgan fingerprint density at radius 1 is 1.58 bits per heavy atom. The van der Waals surface area contributed by atoms with Gasteiger partial charge in [-0.15, -0.1) is 0 Å². The van der Waals surface area contributed by atoms with Crippen molar-refractivity contribution in [3.05, 3.63) is 58.4 Å². The lowest BCUT2D eigenvalue weighted by atomic mass is 10.1. The Morgan fingerprint density at radius 3 is 3.00 bits per heavy atom. The molecule has 0 atom stereocenters. The molecule has 19 heavy (non-hydrogen) atoms. The minimum atomic E-state index is -0.402. The van der Waals surface area contributed by atoms with Crippen LogP contribution in [-0.4, -0.2) is 14.7 Å². The number of rotatable bonds is 5. The van der Waals surface area contributed by atoms with Gasteiger partial charge in [-0.05, 0) is 12.5 Å². The van der Waals surface area contributed by atoms with Gasteiger partial charge < -0.3 is 5.32 Å². The molecule has 0 aliphatic heterocycles. The number of nitro groups is 1. The lowest BCUT2D eigenvalue weighted by Crippen LogP contribution is -2.01. The average molecular weight is 258 g/mol. The maximum atomic E-state index is 10.7. The maximum Gasteiger partial charge on any atom is 0.271 e. The van der Waals surface area contributed by atoms with Crippen molar-refractivity contribution in [2.24, 2.45) is 0 Å². The summed E-state index contributed by atoms with van der Waals surface area (Å²) in [6.45, 7) is 6.07. The second-order valence-corrected chi connectivity index (χ2v) is 4.12. The van der Waals surface area contributed by atoms with Gasteiger partial charge in [0.25, 0.3) is 5.69 Å². The highest BCUT2D eigenvalue weighted by Crippen LogP contribution is 2.22. The van der Waals surface area contributed by atoms with Gasteiger partial charge in [-0.1, -0.05) is 12.6 Å².